The van der Waals surface area contributed by atoms with Crippen LogP contribution in [0.5, 0.6) is 0 Å². The Labute approximate surface area is 359 Å². The Morgan fingerprint density at radius 1 is 0.508 bits per heavy atom. The molecule has 0 aromatic carbocycles. The van der Waals surface area contributed by atoms with E-state index < -0.39 is 32.5 Å². The molecule has 59 heavy (non-hydrogen) atoms. The average molecular weight is 844 g/mol. The SMILES string of the molecule is CCC/C=C/C/C=C/C/C=C/C/C=C/CCCCCC(=O)O[C@H](COC(=O)CCC/C=C/C/C=C/C/C=C/C/C=C/CCCCCCCCC)COP(=O)(O)OCCN. The van der Waals surface area contributed by atoms with Gasteiger partial charge in [-0.05, 0) is 89.9 Å². The van der Waals surface area contributed by atoms with Gasteiger partial charge in [0.1, 0.15) is 6.61 Å². The zero-order valence-corrected chi connectivity index (χ0v) is 37.8. The number of esters is 2. The van der Waals surface area contributed by atoms with Gasteiger partial charge in [-0.1, -0.05) is 162 Å². The number of carbonyl (C=O) groups is 2. The minimum absolute atomic E-state index is 0.0352. The van der Waals surface area contributed by atoms with E-state index in [4.69, 9.17) is 24.3 Å². The molecule has 0 saturated heterocycles. The number of ether oxygens (including phenoxy) is 2. The van der Waals surface area contributed by atoms with Crippen molar-refractivity contribution in [2.75, 3.05) is 26.4 Å². The highest BCUT2D eigenvalue weighted by atomic mass is 31.2. The third kappa shape index (κ3) is 44.3. The first-order chi connectivity index (χ1) is 28.8. The van der Waals surface area contributed by atoms with Crippen molar-refractivity contribution in [1.29, 1.82) is 0 Å². The van der Waals surface area contributed by atoms with Crippen LogP contribution in [0, 0.1) is 0 Å². The van der Waals surface area contributed by atoms with Crippen LogP contribution in [0.2, 0.25) is 0 Å². The molecule has 0 aliphatic carbocycles. The van der Waals surface area contributed by atoms with E-state index in [9.17, 15) is 19.0 Å². The molecular formula is C49H82NO8P. The second-order valence-electron chi connectivity index (χ2n) is 14.6. The molecule has 1 unspecified atom stereocenters. The van der Waals surface area contributed by atoms with E-state index in [1.54, 1.807) is 0 Å². The molecule has 0 rings (SSSR count). The molecule has 0 bridgehead atoms. The summed E-state index contributed by atoms with van der Waals surface area (Å²) in [5.74, 6) is -0.940. The van der Waals surface area contributed by atoms with Gasteiger partial charge in [-0.3, -0.25) is 18.6 Å². The zero-order chi connectivity index (χ0) is 43.2. The monoisotopic (exact) mass is 844 g/mol. The van der Waals surface area contributed by atoms with Gasteiger partial charge < -0.3 is 20.1 Å². The van der Waals surface area contributed by atoms with Gasteiger partial charge in [-0.15, -0.1) is 0 Å². The number of hydrogen-bond acceptors (Lipinski definition) is 8. The van der Waals surface area contributed by atoms with Gasteiger partial charge >= 0.3 is 19.8 Å². The van der Waals surface area contributed by atoms with E-state index in [0.29, 0.717) is 12.8 Å². The predicted molar refractivity (Wildman–Crippen MR) is 247 cm³/mol. The largest absolute Gasteiger partial charge is 0.472 e. The number of nitrogens with two attached hydrogens (primary N) is 1. The fourth-order valence-electron chi connectivity index (χ4n) is 5.56. The molecule has 0 fully saturated rings. The van der Waals surface area contributed by atoms with Gasteiger partial charge in [0.25, 0.3) is 0 Å². The maximum Gasteiger partial charge on any atom is 0.472 e. The van der Waals surface area contributed by atoms with Crippen LogP contribution in [0.25, 0.3) is 0 Å². The minimum atomic E-state index is -4.41. The van der Waals surface area contributed by atoms with Crippen LogP contribution >= 0.6 is 7.82 Å². The molecule has 0 amide bonds. The third-order valence-corrected chi connectivity index (χ3v) is 9.91. The number of unbranched alkanes of at least 4 members (excludes halogenated alkanes) is 12. The van der Waals surface area contributed by atoms with Gasteiger partial charge in [0.2, 0.25) is 0 Å². The molecule has 2 atom stereocenters. The number of carbonyl (C=O) groups excluding carboxylic acids is 2. The Bertz CT molecular complexity index is 1280. The molecule has 0 aromatic rings. The first kappa shape index (κ1) is 55.9. The number of allylic oxidation sites excluding steroid dienone is 16. The highest BCUT2D eigenvalue weighted by molar-refractivity contribution is 7.47. The molecule has 0 aliphatic rings. The van der Waals surface area contributed by atoms with Crippen LogP contribution in [-0.2, 0) is 32.7 Å². The fourth-order valence-corrected chi connectivity index (χ4v) is 6.32. The van der Waals surface area contributed by atoms with Crippen molar-refractivity contribution in [3.8, 4) is 0 Å². The highest BCUT2D eigenvalue weighted by Gasteiger charge is 2.25. The molecule has 9 nitrogen and oxygen atoms in total. The number of phosphoric ester groups is 1. The Kier molecular flexibility index (Phi) is 42.2. The lowest BCUT2D eigenvalue weighted by molar-refractivity contribution is -0.161. The molecule has 0 aliphatic heterocycles. The van der Waals surface area contributed by atoms with E-state index in [-0.39, 0.29) is 32.6 Å². The van der Waals surface area contributed by atoms with Gasteiger partial charge in [-0.2, -0.15) is 0 Å². The highest BCUT2D eigenvalue weighted by Crippen LogP contribution is 2.43. The summed E-state index contributed by atoms with van der Waals surface area (Å²) in [6.45, 7) is 3.54. The van der Waals surface area contributed by atoms with Crippen molar-refractivity contribution < 1.29 is 37.6 Å². The molecular weight excluding hydrogens is 762 g/mol. The quantitative estimate of drug-likeness (QED) is 0.0267. The lowest BCUT2D eigenvalue weighted by Crippen LogP contribution is -2.29. The number of phosphoric acid groups is 1. The first-order valence-electron chi connectivity index (χ1n) is 22.7. The molecule has 0 saturated carbocycles. The molecule has 10 heteroatoms. The van der Waals surface area contributed by atoms with Gasteiger partial charge in [-0.25, -0.2) is 4.57 Å². The molecule has 0 aromatic heterocycles. The van der Waals surface area contributed by atoms with Gasteiger partial charge in [0, 0.05) is 19.4 Å². The van der Waals surface area contributed by atoms with E-state index in [1.165, 1.54) is 57.8 Å². The Hall–Kier alpha value is -3.07. The predicted octanol–water partition coefficient (Wildman–Crippen LogP) is 13.4. The standard InChI is InChI=1S/C49H82NO8P/c1-3-5-7-9-11-13-15-17-19-21-22-23-24-26-27-29-31-33-35-37-39-41-48(51)55-45-47(46-57-59(53,54)56-44-43-50)58-49(52)42-40-38-36-34-32-30-28-25-20-18-16-14-12-10-8-6-4-2/h8,10,14,16,19-21,23-25,27,29-30,32-33,35,47H,3-7,9,11-13,15,17-18,22,26,28,31,34,36-46,50H2,1-2H3,(H,53,54)/b10-8+,16-14+,21-19+,24-23+,25-20+,29-27+,32-30+,35-33+/t47-/m1/s1. The van der Waals surface area contributed by atoms with Gasteiger partial charge in [0.05, 0.1) is 13.2 Å². The minimum Gasteiger partial charge on any atom is -0.462 e. The fraction of sp³-hybridized carbons (Fsp3) is 0.633. The maximum absolute atomic E-state index is 12.6. The Morgan fingerprint density at radius 2 is 0.932 bits per heavy atom. The van der Waals surface area contributed by atoms with Crippen LogP contribution in [0.4, 0.5) is 0 Å². The molecule has 0 spiro atoms. The summed E-state index contributed by atoms with van der Waals surface area (Å²) in [5.41, 5.74) is 5.34. The molecule has 0 heterocycles. The van der Waals surface area contributed by atoms with Crippen LogP contribution in [0.15, 0.2) is 97.2 Å². The van der Waals surface area contributed by atoms with E-state index >= 15 is 0 Å². The van der Waals surface area contributed by atoms with Crippen LogP contribution in [0.3, 0.4) is 0 Å². The third-order valence-electron chi connectivity index (χ3n) is 8.92. The summed E-state index contributed by atoms with van der Waals surface area (Å²) in [7, 11) is -4.41. The van der Waals surface area contributed by atoms with Crippen molar-refractivity contribution in [1.82, 2.24) is 0 Å². The first-order valence-corrected chi connectivity index (χ1v) is 24.2. The van der Waals surface area contributed by atoms with Crippen LogP contribution in [0.1, 0.15) is 168 Å². The summed E-state index contributed by atoms with van der Waals surface area (Å²) in [6.07, 6.45) is 57.3. The Morgan fingerprint density at radius 3 is 1.42 bits per heavy atom. The van der Waals surface area contributed by atoms with Crippen molar-refractivity contribution in [2.24, 2.45) is 5.73 Å². The van der Waals surface area contributed by atoms with Crippen molar-refractivity contribution in [3.05, 3.63) is 97.2 Å². The van der Waals surface area contributed by atoms with E-state index in [2.05, 4.69) is 105 Å². The molecule has 336 valence electrons. The summed E-state index contributed by atoms with van der Waals surface area (Å²) in [4.78, 5) is 34.9. The van der Waals surface area contributed by atoms with Crippen molar-refractivity contribution >= 4 is 19.8 Å². The van der Waals surface area contributed by atoms with Crippen LogP contribution in [-0.4, -0.2) is 49.3 Å². The summed E-state index contributed by atoms with van der Waals surface area (Å²) in [5, 5.41) is 0. The smallest absolute Gasteiger partial charge is 0.462 e. The molecule has 0 radical (unpaired) electrons. The van der Waals surface area contributed by atoms with Gasteiger partial charge in [0.15, 0.2) is 6.10 Å². The van der Waals surface area contributed by atoms with Crippen LogP contribution < -0.4 is 5.73 Å². The topological polar surface area (TPSA) is 134 Å². The second-order valence-corrected chi connectivity index (χ2v) is 16.0. The number of rotatable bonds is 41. The van der Waals surface area contributed by atoms with Crippen molar-refractivity contribution in [3.63, 3.8) is 0 Å². The zero-order valence-electron chi connectivity index (χ0n) is 36.9. The van der Waals surface area contributed by atoms with E-state index in [1.807, 2.05) is 6.08 Å². The second kappa shape index (κ2) is 44.5. The Balaban J connectivity index is 4.30. The maximum atomic E-state index is 12.6. The lowest BCUT2D eigenvalue weighted by atomic mass is 10.1. The summed E-state index contributed by atoms with van der Waals surface area (Å²) < 4.78 is 32.7. The van der Waals surface area contributed by atoms with E-state index in [0.717, 1.165) is 70.6 Å². The summed E-state index contributed by atoms with van der Waals surface area (Å²) in [6, 6.07) is 0. The lowest BCUT2D eigenvalue weighted by Gasteiger charge is -2.19. The molecule has 3 N–H and O–H groups in total. The van der Waals surface area contributed by atoms with Crippen molar-refractivity contribution in [2.45, 2.75) is 174 Å². The normalized spacial score (nSPS) is 14.2. The summed E-state index contributed by atoms with van der Waals surface area (Å²) >= 11 is 0. The average Bonchev–Trinajstić information content (AvgIpc) is 3.22. The number of hydrogen-bond donors (Lipinski definition) is 2.